The lowest BCUT2D eigenvalue weighted by Crippen LogP contribution is -2.05. The molecule has 0 fully saturated rings. The summed E-state index contributed by atoms with van der Waals surface area (Å²) in [4.78, 5) is 28.5. The highest BCUT2D eigenvalue weighted by Gasteiger charge is 2.13. The van der Waals surface area contributed by atoms with Crippen LogP contribution in [0.25, 0.3) is 0 Å². The molecule has 0 spiro atoms. The topological polar surface area (TPSA) is 34.1 Å². The first-order chi connectivity index (χ1) is 18.2. The van der Waals surface area contributed by atoms with Crippen molar-refractivity contribution in [3.05, 3.63) is 118 Å². The summed E-state index contributed by atoms with van der Waals surface area (Å²) in [6.45, 7) is 7.99. The summed E-state index contributed by atoms with van der Waals surface area (Å²) in [7, 11) is 0. The van der Waals surface area contributed by atoms with Gasteiger partial charge in [-0.05, 0) is 98.5 Å². The van der Waals surface area contributed by atoms with Crippen LogP contribution in [0.15, 0.2) is 105 Å². The first kappa shape index (κ1) is 30.4. The number of carbonyl (C=O) groups excluding carboxylic acids is 2. The van der Waals surface area contributed by atoms with Crippen LogP contribution in [0.1, 0.15) is 43.0 Å². The van der Waals surface area contributed by atoms with E-state index in [0.717, 1.165) is 33.4 Å². The molecule has 0 saturated carbocycles. The number of rotatable bonds is 8. The van der Waals surface area contributed by atoms with Gasteiger partial charge >= 0.3 is 0 Å². The Kier molecular flexibility index (Phi) is 11.9. The minimum Gasteiger partial charge on any atom is -0.293 e. The van der Waals surface area contributed by atoms with Gasteiger partial charge < -0.3 is 0 Å². The van der Waals surface area contributed by atoms with Gasteiger partial charge in [0.05, 0.1) is 10.7 Å². The van der Waals surface area contributed by atoms with Crippen molar-refractivity contribution in [1.82, 2.24) is 0 Å². The molecule has 0 unspecified atom stereocenters. The minimum absolute atomic E-state index is 0.145. The third-order valence-corrected chi connectivity index (χ3v) is 8.75. The molecule has 38 heavy (non-hydrogen) atoms. The summed E-state index contributed by atoms with van der Waals surface area (Å²) in [5, 5.41) is 0.750. The third kappa shape index (κ3) is 8.44. The molecule has 0 aromatic heterocycles. The Bertz CT molecular complexity index is 1250. The highest BCUT2D eigenvalue weighted by molar-refractivity contribution is 9.09. The summed E-state index contributed by atoms with van der Waals surface area (Å²) < 4.78 is 0. The predicted octanol–water partition coefficient (Wildman–Crippen LogP) is 10.1. The van der Waals surface area contributed by atoms with Gasteiger partial charge in [0.25, 0.3) is 0 Å². The molecule has 6 heteroatoms. The van der Waals surface area contributed by atoms with Crippen LogP contribution in [0.4, 0.5) is 0 Å². The van der Waals surface area contributed by atoms with Crippen molar-refractivity contribution < 1.29 is 9.59 Å². The maximum absolute atomic E-state index is 11.9. The van der Waals surface area contributed by atoms with Crippen LogP contribution in [-0.4, -0.2) is 22.2 Å². The number of Topliss-reactive ketones (excluding diaryl/α,β-unsaturated/α-hetero) is 2. The van der Waals surface area contributed by atoms with Crippen LogP contribution >= 0.6 is 55.4 Å². The summed E-state index contributed by atoms with van der Waals surface area (Å²) in [6, 6.07) is 28.9. The quantitative estimate of drug-likeness (QED) is 0.138. The number of ketones is 2. The maximum Gasteiger partial charge on any atom is 0.173 e. The molecule has 0 bridgehead atoms. The zero-order valence-electron chi connectivity index (χ0n) is 21.9. The average molecular weight is 671 g/mol. The van der Waals surface area contributed by atoms with E-state index in [2.05, 4.69) is 80.4 Å². The van der Waals surface area contributed by atoms with E-state index in [1.165, 1.54) is 19.6 Å². The zero-order valence-corrected chi connectivity index (χ0v) is 26.7. The van der Waals surface area contributed by atoms with E-state index in [9.17, 15) is 9.59 Å². The first-order valence-corrected chi connectivity index (χ1v) is 16.0. The van der Waals surface area contributed by atoms with Crippen molar-refractivity contribution >= 4 is 67.0 Å². The average Bonchev–Trinajstić information content (AvgIpc) is 2.89. The SMILES string of the molecule is Cc1cc(Sc2ccccc2)cc(C)c1C(=O)CBr.Cc1cc(Sc2ccccc2)cc(C)c1C(=O)CBr. The second kappa shape index (κ2) is 14.9. The molecule has 4 aromatic rings. The molecule has 4 rings (SSSR count). The van der Waals surface area contributed by atoms with Crippen LogP contribution in [0.3, 0.4) is 0 Å². The molecule has 0 aliphatic heterocycles. The van der Waals surface area contributed by atoms with Crippen LogP contribution in [0.2, 0.25) is 0 Å². The Labute approximate surface area is 251 Å². The molecule has 0 aliphatic rings. The van der Waals surface area contributed by atoms with Crippen molar-refractivity contribution in [3.63, 3.8) is 0 Å². The lowest BCUT2D eigenvalue weighted by Gasteiger charge is -2.10. The van der Waals surface area contributed by atoms with Crippen LogP contribution in [0, 0.1) is 27.7 Å². The fraction of sp³-hybridized carbons (Fsp3) is 0.188. The summed E-state index contributed by atoms with van der Waals surface area (Å²) in [5.74, 6) is 0.289. The molecular formula is C32H30Br2O2S2. The largest absolute Gasteiger partial charge is 0.293 e. The third-order valence-electron chi connectivity index (χ3n) is 5.77. The van der Waals surface area contributed by atoms with Gasteiger partial charge in [-0.25, -0.2) is 0 Å². The summed E-state index contributed by atoms with van der Waals surface area (Å²) in [5.41, 5.74) is 5.86. The molecule has 0 N–H and O–H groups in total. The number of benzene rings is 4. The molecule has 0 saturated heterocycles. The highest BCUT2D eigenvalue weighted by Crippen LogP contribution is 2.32. The fourth-order valence-corrected chi connectivity index (χ4v) is 6.86. The zero-order chi connectivity index (χ0) is 27.7. The Balaban J connectivity index is 0.000000211. The summed E-state index contributed by atoms with van der Waals surface area (Å²) in [6.07, 6.45) is 0. The standard InChI is InChI=1S/2C16H15BrOS/c2*1-11-8-14(19-13-6-4-3-5-7-13)9-12(2)16(11)15(18)10-17/h2*3-9H,10H2,1-2H3. The van der Waals surface area contributed by atoms with E-state index in [-0.39, 0.29) is 11.6 Å². The van der Waals surface area contributed by atoms with Crippen molar-refractivity contribution in [1.29, 1.82) is 0 Å². The molecule has 0 atom stereocenters. The number of hydrogen-bond acceptors (Lipinski definition) is 4. The van der Waals surface area contributed by atoms with Crippen molar-refractivity contribution in [3.8, 4) is 0 Å². The van der Waals surface area contributed by atoms with E-state index in [4.69, 9.17) is 0 Å². The van der Waals surface area contributed by atoms with Crippen molar-refractivity contribution in [2.75, 3.05) is 10.7 Å². The number of alkyl halides is 2. The van der Waals surface area contributed by atoms with E-state index in [1.807, 2.05) is 64.1 Å². The Hall–Kier alpha value is -2.12. The Morgan fingerprint density at radius 2 is 0.816 bits per heavy atom. The molecular weight excluding hydrogens is 640 g/mol. The van der Waals surface area contributed by atoms with Gasteiger partial charge in [-0.2, -0.15) is 0 Å². The van der Waals surface area contributed by atoms with Crippen molar-refractivity contribution in [2.45, 2.75) is 47.3 Å². The minimum atomic E-state index is 0.145. The van der Waals surface area contributed by atoms with Crippen molar-refractivity contribution in [2.24, 2.45) is 0 Å². The van der Waals surface area contributed by atoms with Crippen LogP contribution in [-0.2, 0) is 0 Å². The Morgan fingerprint density at radius 1 is 0.526 bits per heavy atom. The molecule has 0 aliphatic carbocycles. The number of aryl methyl sites for hydroxylation is 4. The second-order valence-corrected chi connectivity index (χ2v) is 12.2. The van der Waals surface area contributed by atoms with Gasteiger partial charge in [0.1, 0.15) is 0 Å². The summed E-state index contributed by atoms with van der Waals surface area (Å²) >= 11 is 9.92. The smallest absolute Gasteiger partial charge is 0.173 e. The maximum atomic E-state index is 11.9. The van der Waals surface area contributed by atoms with Gasteiger partial charge in [0.15, 0.2) is 11.6 Å². The fourth-order valence-electron chi connectivity index (χ4n) is 4.23. The van der Waals surface area contributed by atoms with Gasteiger partial charge in [0.2, 0.25) is 0 Å². The molecule has 0 heterocycles. The van der Waals surface area contributed by atoms with Gasteiger partial charge in [-0.3, -0.25) is 9.59 Å². The van der Waals surface area contributed by atoms with E-state index in [0.29, 0.717) is 10.7 Å². The van der Waals surface area contributed by atoms with Crippen LogP contribution < -0.4 is 0 Å². The number of halogens is 2. The molecule has 0 amide bonds. The monoisotopic (exact) mass is 668 g/mol. The van der Waals surface area contributed by atoms with Gasteiger partial charge in [0, 0.05) is 30.7 Å². The number of carbonyl (C=O) groups is 2. The highest BCUT2D eigenvalue weighted by atomic mass is 79.9. The lowest BCUT2D eigenvalue weighted by atomic mass is 10.00. The molecule has 196 valence electrons. The van der Waals surface area contributed by atoms with E-state index in [1.54, 1.807) is 23.5 Å². The van der Waals surface area contributed by atoms with Gasteiger partial charge in [-0.1, -0.05) is 91.8 Å². The first-order valence-electron chi connectivity index (χ1n) is 12.1. The van der Waals surface area contributed by atoms with Gasteiger partial charge in [-0.15, -0.1) is 0 Å². The second-order valence-electron chi connectivity index (χ2n) is 8.81. The predicted molar refractivity (Wildman–Crippen MR) is 169 cm³/mol. The van der Waals surface area contributed by atoms with Crippen LogP contribution in [0.5, 0.6) is 0 Å². The Morgan fingerprint density at radius 3 is 1.08 bits per heavy atom. The normalized spacial score (nSPS) is 10.5. The molecule has 0 radical (unpaired) electrons. The van der Waals surface area contributed by atoms with E-state index < -0.39 is 0 Å². The molecule has 2 nitrogen and oxygen atoms in total. The molecule has 4 aromatic carbocycles. The van der Waals surface area contributed by atoms with E-state index >= 15 is 0 Å². The number of hydrogen-bond donors (Lipinski definition) is 0. The lowest BCUT2D eigenvalue weighted by molar-refractivity contribution is 0.101.